The molecule has 0 aromatic heterocycles. The van der Waals surface area contributed by atoms with Gasteiger partial charge in [-0.1, -0.05) is 24.3 Å². The van der Waals surface area contributed by atoms with Gasteiger partial charge in [-0.3, -0.25) is 4.79 Å². The molecule has 0 unspecified atom stereocenters. The zero-order valence-electron chi connectivity index (χ0n) is 11.4. The molecule has 0 aliphatic rings. The highest BCUT2D eigenvalue weighted by Gasteiger charge is 2.11. The molecular weight excluding hydrogens is 273 g/mol. The standard InChI is InChI=1S/C16H14FNO3/c1-11-5-2-3-8-14(11)21-15(19)10-18-16(20)12-6-4-7-13(17)9-12/h2-9H,10H2,1H3,(H,18,20). The summed E-state index contributed by atoms with van der Waals surface area (Å²) >= 11 is 0. The summed E-state index contributed by atoms with van der Waals surface area (Å²) in [6, 6.07) is 12.3. The van der Waals surface area contributed by atoms with Gasteiger partial charge in [0.15, 0.2) is 0 Å². The predicted octanol–water partition coefficient (Wildman–Crippen LogP) is 2.47. The number of esters is 1. The second kappa shape index (κ2) is 6.65. The van der Waals surface area contributed by atoms with Crippen LogP contribution in [0.2, 0.25) is 0 Å². The Morgan fingerprint density at radius 3 is 2.62 bits per heavy atom. The lowest BCUT2D eigenvalue weighted by atomic mass is 10.2. The number of carbonyl (C=O) groups excluding carboxylic acids is 2. The Morgan fingerprint density at radius 2 is 1.90 bits per heavy atom. The topological polar surface area (TPSA) is 55.4 Å². The highest BCUT2D eigenvalue weighted by molar-refractivity contribution is 5.96. The molecule has 2 aromatic rings. The molecule has 0 aliphatic heterocycles. The number of rotatable bonds is 4. The molecule has 0 radical (unpaired) electrons. The quantitative estimate of drug-likeness (QED) is 0.694. The van der Waals surface area contributed by atoms with Gasteiger partial charge in [-0.25, -0.2) is 9.18 Å². The number of hydrogen-bond donors (Lipinski definition) is 1. The van der Waals surface area contributed by atoms with Crippen molar-refractivity contribution in [2.75, 3.05) is 6.54 Å². The van der Waals surface area contributed by atoms with Gasteiger partial charge in [0.1, 0.15) is 18.1 Å². The van der Waals surface area contributed by atoms with E-state index in [4.69, 9.17) is 4.74 Å². The van der Waals surface area contributed by atoms with Crippen LogP contribution in [0.25, 0.3) is 0 Å². The summed E-state index contributed by atoms with van der Waals surface area (Å²) in [6.07, 6.45) is 0. The van der Waals surface area contributed by atoms with Gasteiger partial charge in [0.25, 0.3) is 5.91 Å². The Balaban J connectivity index is 1.90. The number of halogens is 1. The molecule has 1 N–H and O–H groups in total. The summed E-state index contributed by atoms with van der Waals surface area (Å²) in [4.78, 5) is 23.4. The maximum atomic E-state index is 13.0. The van der Waals surface area contributed by atoms with Crippen LogP contribution >= 0.6 is 0 Å². The minimum absolute atomic E-state index is 0.152. The lowest BCUT2D eigenvalue weighted by molar-refractivity contribution is -0.133. The van der Waals surface area contributed by atoms with E-state index in [1.807, 2.05) is 19.1 Å². The third kappa shape index (κ3) is 4.14. The van der Waals surface area contributed by atoms with E-state index in [1.165, 1.54) is 18.2 Å². The van der Waals surface area contributed by atoms with Crippen LogP contribution in [0.4, 0.5) is 4.39 Å². The number of hydrogen-bond acceptors (Lipinski definition) is 3. The average Bonchev–Trinajstić information content (AvgIpc) is 2.47. The van der Waals surface area contributed by atoms with Crippen LogP contribution in [-0.2, 0) is 4.79 Å². The average molecular weight is 287 g/mol. The van der Waals surface area contributed by atoms with E-state index in [0.717, 1.165) is 11.6 Å². The normalized spacial score (nSPS) is 10.0. The third-order valence-electron chi connectivity index (χ3n) is 2.80. The molecule has 0 bridgehead atoms. The fraction of sp³-hybridized carbons (Fsp3) is 0.125. The molecule has 1 amide bonds. The van der Waals surface area contributed by atoms with Gasteiger partial charge < -0.3 is 10.1 Å². The van der Waals surface area contributed by atoms with Crippen molar-refractivity contribution in [3.05, 3.63) is 65.5 Å². The molecule has 0 atom stereocenters. The minimum atomic E-state index is -0.589. The SMILES string of the molecule is Cc1ccccc1OC(=O)CNC(=O)c1cccc(F)c1. The van der Waals surface area contributed by atoms with Crippen molar-refractivity contribution in [3.8, 4) is 5.75 Å². The molecule has 21 heavy (non-hydrogen) atoms. The molecule has 2 rings (SSSR count). The van der Waals surface area contributed by atoms with Gasteiger partial charge in [-0.2, -0.15) is 0 Å². The first-order valence-electron chi connectivity index (χ1n) is 6.36. The van der Waals surface area contributed by atoms with E-state index >= 15 is 0 Å². The number of amides is 1. The van der Waals surface area contributed by atoms with Gasteiger partial charge in [-0.15, -0.1) is 0 Å². The van der Waals surface area contributed by atoms with Gasteiger partial charge in [0, 0.05) is 5.56 Å². The van der Waals surface area contributed by atoms with Crippen LogP contribution in [0, 0.1) is 12.7 Å². The molecule has 5 heteroatoms. The van der Waals surface area contributed by atoms with E-state index < -0.39 is 17.7 Å². The van der Waals surface area contributed by atoms with Crippen LogP contribution in [-0.4, -0.2) is 18.4 Å². The number of aryl methyl sites for hydroxylation is 1. The second-order valence-corrected chi connectivity index (χ2v) is 4.43. The minimum Gasteiger partial charge on any atom is -0.425 e. The van der Waals surface area contributed by atoms with E-state index in [0.29, 0.717) is 5.75 Å². The van der Waals surface area contributed by atoms with Crippen LogP contribution in [0.3, 0.4) is 0 Å². The van der Waals surface area contributed by atoms with Crippen molar-refractivity contribution in [1.29, 1.82) is 0 Å². The molecule has 0 aliphatic carbocycles. The smallest absolute Gasteiger partial charge is 0.330 e. The van der Waals surface area contributed by atoms with Crippen molar-refractivity contribution in [2.45, 2.75) is 6.92 Å². The zero-order valence-corrected chi connectivity index (χ0v) is 11.4. The maximum absolute atomic E-state index is 13.0. The molecule has 4 nitrogen and oxygen atoms in total. The number of nitrogens with one attached hydrogen (secondary N) is 1. The summed E-state index contributed by atoms with van der Waals surface area (Å²) in [5, 5.41) is 2.39. The Bertz CT molecular complexity index is 670. The Kier molecular flexibility index (Phi) is 4.66. The Labute approximate surface area is 121 Å². The monoisotopic (exact) mass is 287 g/mol. The van der Waals surface area contributed by atoms with E-state index in [9.17, 15) is 14.0 Å². The van der Waals surface area contributed by atoms with Crippen LogP contribution in [0.1, 0.15) is 15.9 Å². The molecular formula is C16H14FNO3. The third-order valence-corrected chi connectivity index (χ3v) is 2.80. The predicted molar refractivity (Wildman–Crippen MR) is 75.5 cm³/mol. The summed E-state index contributed by atoms with van der Waals surface area (Å²) in [5.41, 5.74) is 0.973. The summed E-state index contributed by atoms with van der Waals surface area (Å²) < 4.78 is 18.1. The number of para-hydroxylation sites is 1. The van der Waals surface area contributed by atoms with E-state index in [1.54, 1.807) is 12.1 Å². The molecule has 108 valence electrons. The molecule has 0 saturated heterocycles. The van der Waals surface area contributed by atoms with Crippen LogP contribution in [0.15, 0.2) is 48.5 Å². The first kappa shape index (κ1) is 14.7. The van der Waals surface area contributed by atoms with Gasteiger partial charge in [0.2, 0.25) is 0 Å². The van der Waals surface area contributed by atoms with Crippen molar-refractivity contribution in [2.24, 2.45) is 0 Å². The first-order valence-corrected chi connectivity index (χ1v) is 6.36. The molecule has 2 aromatic carbocycles. The molecule has 0 fully saturated rings. The van der Waals surface area contributed by atoms with Crippen LogP contribution < -0.4 is 10.1 Å². The lowest BCUT2D eigenvalue weighted by Crippen LogP contribution is -2.32. The largest absolute Gasteiger partial charge is 0.425 e. The lowest BCUT2D eigenvalue weighted by Gasteiger charge is -2.08. The second-order valence-electron chi connectivity index (χ2n) is 4.43. The Morgan fingerprint density at radius 1 is 1.14 bits per heavy atom. The number of ether oxygens (including phenoxy) is 1. The van der Waals surface area contributed by atoms with Gasteiger partial charge in [0.05, 0.1) is 0 Å². The van der Waals surface area contributed by atoms with Crippen LogP contribution in [0.5, 0.6) is 5.75 Å². The summed E-state index contributed by atoms with van der Waals surface area (Å²) in [6.45, 7) is 1.53. The highest BCUT2D eigenvalue weighted by Crippen LogP contribution is 2.16. The highest BCUT2D eigenvalue weighted by atomic mass is 19.1. The number of benzene rings is 2. The number of carbonyl (C=O) groups is 2. The maximum Gasteiger partial charge on any atom is 0.330 e. The fourth-order valence-electron chi connectivity index (χ4n) is 1.71. The molecule has 0 spiro atoms. The van der Waals surface area contributed by atoms with Gasteiger partial charge in [-0.05, 0) is 36.8 Å². The fourth-order valence-corrected chi connectivity index (χ4v) is 1.71. The van der Waals surface area contributed by atoms with Crippen molar-refractivity contribution < 1.29 is 18.7 Å². The van der Waals surface area contributed by atoms with E-state index in [2.05, 4.69) is 5.32 Å². The summed E-state index contributed by atoms with van der Waals surface area (Å²) in [7, 11) is 0. The molecule has 0 heterocycles. The van der Waals surface area contributed by atoms with Crippen molar-refractivity contribution in [1.82, 2.24) is 5.32 Å². The first-order chi connectivity index (χ1) is 10.1. The zero-order chi connectivity index (χ0) is 15.2. The summed E-state index contributed by atoms with van der Waals surface area (Å²) in [5.74, 6) is -1.18. The van der Waals surface area contributed by atoms with Crippen molar-refractivity contribution >= 4 is 11.9 Å². The van der Waals surface area contributed by atoms with Crippen molar-refractivity contribution in [3.63, 3.8) is 0 Å². The van der Waals surface area contributed by atoms with E-state index in [-0.39, 0.29) is 12.1 Å². The van der Waals surface area contributed by atoms with Gasteiger partial charge >= 0.3 is 5.97 Å². The Hall–Kier alpha value is -2.69. The molecule has 0 saturated carbocycles.